The van der Waals surface area contributed by atoms with Gasteiger partial charge < -0.3 is 20.3 Å². The van der Waals surface area contributed by atoms with Crippen LogP contribution in [0, 0.1) is 0 Å². The van der Waals surface area contributed by atoms with E-state index in [9.17, 15) is 9.59 Å². The van der Waals surface area contributed by atoms with E-state index < -0.39 is 24.1 Å². The molecule has 0 aliphatic heterocycles. The van der Waals surface area contributed by atoms with E-state index in [0.29, 0.717) is 0 Å². The van der Waals surface area contributed by atoms with Gasteiger partial charge in [-0.05, 0) is 13.8 Å². The molecule has 2 unspecified atom stereocenters. The molecule has 6 heteroatoms. The van der Waals surface area contributed by atoms with Crippen LogP contribution in [0.2, 0.25) is 0 Å². The molecule has 0 aliphatic carbocycles. The second kappa shape index (κ2) is 6.33. The number of hydrogen-bond acceptors (Lipinski definition) is 6. The summed E-state index contributed by atoms with van der Waals surface area (Å²) in [5.74, 6) is -1.54. The van der Waals surface area contributed by atoms with Crippen molar-refractivity contribution >= 4 is 11.9 Å². The van der Waals surface area contributed by atoms with Crippen molar-refractivity contribution in [2.45, 2.75) is 26.1 Å². The van der Waals surface area contributed by atoms with Crippen LogP contribution in [-0.2, 0) is 19.1 Å². The van der Waals surface area contributed by atoms with E-state index in [1.54, 1.807) is 0 Å². The van der Waals surface area contributed by atoms with Crippen molar-refractivity contribution in [3.8, 4) is 0 Å². The summed E-state index contributed by atoms with van der Waals surface area (Å²) in [6, 6.07) is 0. The van der Waals surface area contributed by atoms with Gasteiger partial charge in [-0.15, -0.1) is 0 Å². The summed E-state index contributed by atoms with van der Waals surface area (Å²) in [5, 5.41) is 8.78. The Balaban J connectivity index is 3.89. The summed E-state index contributed by atoms with van der Waals surface area (Å²) in [4.78, 5) is 21.9. The molecule has 0 saturated heterocycles. The third-order valence-electron chi connectivity index (χ3n) is 1.33. The quantitative estimate of drug-likeness (QED) is 0.547. The first kappa shape index (κ1) is 12.9. The molecular formula is C8H15NO5. The van der Waals surface area contributed by atoms with Crippen molar-refractivity contribution in [3.05, 3.63) is 0 Å². The lowest BCUT2D eigenvalue weighted by molar-refractivity contribution is -0.171. The normalized spacial score (nSPS) is 14.3. The van der Waals surface area contributed by atoms with Crippen molar-refractivity contribution in [1.29, 1.82) is 0 Å². The van der Waals surface area contributed by atoms with E-state index in [4.69, 9.17) is 10.8 Å². The summed E-state index contributed by atoms with van der Waals surface area (Å²) < 4.78 is 9.18. The molecule has 14 heavy (non-hydrogen) atoms. The molecule has 0 aromatic carbocycles. The van der Waals surface area contributed by atoms with E-state index in [2.05, 4.69) is 9.47 Å². The molecule has 0 heterocycles. The van der Waals surface area contributed by atoms with Crippen LogP contribution in [0.4, 0.5) is 0 Å². The van der Waals surface area contributed by atoms with Crippen LogP contribution in [0.1, 0.15) is 13.8 Å². The number of ether oxygens (including phenoxy) is 2. The summed E-state index contributed by atoms with van der Waals surface area (Å²) in [6.45, 7) is 2.90. The summed E-state index contributed by atoms with van der Waals surface area (Å²) >= 11 is 0. The highest BCUT2D eigenvalue weighted by Crippen LogP contribution is 1.97. The molecule has 82 valence electrons. The van der Waals surface area contributed by atoms with Gasteiger partial charge in [-0.25, -0.2) is 9.59 Å². The van der Waals surface area contributed by atoms with Crippen LogP contribution < -0.4 is 5.73 Å². The Kier molecular flexibility index (Phi) is 5.82. The monoisotopic (exact) mass is 205 g/mol. The smallest absolute Gasteiger partial charge is 0.347 e. The first-order valence-corrected chi connectivity index (χ1v) is 4.24. The minimum Gasteiger partial charge on any atom is -0.462 e. The highest BCUT2D eigenvalue weighted by Gasteiger charge is 2.21. The van der Waals surface area contributed by atoms with Crippen LogP contribution in [0.3, 0.4) is 0 Å². The van der Waals surface area contributed by atoms with Crippen molar-refractivity contribution in [3.63, 3.8) is 0 Å². The summed E-state index contributed by atoms with van der Waals surface area (Å²) in [6.07, 6.45) is -2.27. The Morgan fingerprint density at radius 3 is 2.36 bits per heavy atom. The first-order valence-electron chi connectivity index (χ1n) is 4.24. The fourth-order valence-electron chi connectivity index (χ4n) is 0.598. The van der Waals surface area contributed by atoms with Gasteiger partial charge in [0.05, 0.1) is 0 Å². The van der Waals surface area contributed by atoms with Crippen LogP contribution in [0.15, 0.2) is 0 Å². The Bertz CT molecular complexity index is 204. The van der Waals surface area contributed by atoms with Gasteiger partial charge in [-0.2, -0.15) is 0 Å². The maximum Gasteiger partial charge on any atom is 0.347 e. The standard InChI is InChI=1S/C8H15NO5/c1-5(10)7(11)14-6(2)8(12)13-4-3-9/h5-6,10H,3-4,9H2,1-2H3. The zero-order valence-electron chi connectivity index (χ0n) is 8.23. The minimum absolute atomic E-state index is 0.0788. The SMILES string of the molecule is CC(O)C(=O)OC(C)C(=O)OCCN. The zero-order chi connectivity index (χ0) is 11.1. The van der Waals surface area contributed by atoms with Crippen molar-refractivity contribution in [2.24, 2.45) is 5.73 Å². The van der Waals surface area contributed by atoms with Crippen molar-refractivity contribution in [1.82, 2.24) is 0 Å². The lowest BCUT2D eigenvalue weighted by Gasteiger charge is -2.13. The molecule has 0 spiro atoms. The maximum atomic E-state index is 11.0. The highest BCUT2D eigenvalue weighted by atomic mass is 16.6. The van der Waals surface area contributed by atoms with Gasteiger partial charge in [0.1, 0.15) is 12.7 Å². The molecule has 0 saturated carbocycles. The van der Waals surface area contributed by atoms with Gasteiger partial charge in [0.15, 0.2) is 6.10 Å². The number of hydrogen-bond donors (Lipinski definition) is 2. The first-order chi connectivity index (χ1) is 6.49. The third kappa shape index (κ3) is 4.78. The van der Waals surface area contributed by atoms with E-state index in [-0.39, 0.29) is 13.2 Å². The van der Waals surface area contributed by atoms with E-state index >= 15 is 0 Å². The molecule has 0 fully saturated rings. The number of rotatable bonds is 5. The summed E-state index contributed by atoms with van der Waals surface area (Å²) in [7, 11) is 0. The van der Waals surface area contributed by atoms with E-state index in [1.165, 1.54) is 13.8 Å². The zero-order valence-corrected chi connectivity index (χ0v) is 8.23. The van der Waals surface area contributed by atoms with Crippen molar-refractivity contribution < 1.29 is 24.2 Å². The average Bonchev–Trinajstić information content (AvgIpc) is 2.13. The molecule has 3 N–H and O–H groups in total. The fourth-order valence-corrected chi connectivity index (χ4v) is 0.598. The molecule has 2 atom stereocenters. The highest BCUT2D eigenvalue weighted by molar-refractivity contribution is 5.80. The number of nitrogens with two attached hydrogens (primary N) is 1. The molecule has 0 aromatic rings. The molecular weight excluding hydrogens is 190 g/mol. The minimum atomic E-state index is -1.25. The number of esters is 2. The van der Waals surface area contributed by atoms with Gasteiger partial charge in [-0.3, -0.25) is 0 Å². The van der Waals surface area contributed by atoms with Crippen LogP contribution >= 0.6 is 0 Å². The van der Waals surface area contributed by atoms with E-state index in [0.717, 1.165) is 0 Å². The Morgan fingerprint density at radius 2 is 1.93 bits per heavy atom. The third-order valence-corrected chi connectivity index (χ3v) is 1.33. The van der Waals surface area contributed by atoms with Gasteiger partial charge in [0, 0.05) is 6.54 Å². The second-order valence-corrected chi connectivity index (χ2v) is 2.71. The topological polar surface area (TPSA) is 98.8 Å². The van der Waals surface area contributed by atoms with Crippen LogP contribution in [-0.4, -0.2) is 42.4 Å². The van der Waals surface area contributed by atoms with E-state index in [1.807, 2.05) is 0 Å². The number of carbonyl (C=O) groups is 2. The molecule has 0 radical (unpaired) electrons. The Morgan fingerprint density at radius 1 is 1.36 bits per heavy atom. The molecule has 0 amide bonds. The fraction of sp³-hybridized carbons (Fsp3) is 0.750. The lowest BCUT2D eigenvalue weighted by atomic mass is 10.4. The number of aliphatic hydroxyl groups excluding tert-OH is 1. The molecule has 0 bridgehead atoms. The molecule has 0 aliphatic rings. The molecule has 0 rings (SSSR count). The predicted molar refractivity (Wildman–Crippen MR) is 47.2 cm³/mol. The Hall–Kier alpha value is -1.14. The average molecular weight is 205 g/mol. The largest absolute Gasteiger partial charge is 0.462 e. The second-order valence-electron chi connectivity index (χ2n) is 2.71. The lowest BCUT2D eigenvalue weighted by Crippen LogP contribution is -2.31. The van der Waals surface area contributed by atoms with Gasteiger partial charge in [-0.1, -0.05) is 0 Å². The van der Waals surface area contributed by atoms with Crippen LogP contribution in [0.25, 0.3) is 0 Å². The number of aliphatic hydroxyl groups is 1. The Labute approximate surface area is 82.0 Å². The van der Waals surface area contributed by atoms with Gasteiger partial charge >= 0.3 is 11.9 Å². The van der Waals surface area contributed by atoms with Gasteiger partial charge in [0.2, 0.25) is 0 Å². The molecule has 0 aromatic heterocycles. The van der Waals surface area contributed by atoms with Crippen LogP contribution in [0.5, 0.6) is 0 Å². The predicted octanol–water partition coefficient (Wildman–Crippen LogP) is -1.20. The number of carbonyl (C=O) groups excluding carboxylic acids is 2. The molecule has 6 nitrogen and oxygen atoms in total. The summed E-state index contributed by atoms with van der Waals surface area (Å²) in [5.41, 5.74) is 5.10. The van der Waals surface area contributed by atoms with Gasteiger partial charge in [0.25, 0.3) is 0 Å². The van der Waals surface area contributed by atoms with Crippen molar-refractivity contribution in [2.75, 3.05) is 13.2 Å². The maximum absolute atomic E-state index is 11.0.